The molecule has 10 nitrogen and oxygen atoms in total. The molecule has 7 N–H and O–H groups in total. The normalized spacial score (nSPS) is 28.5. The van der Waals surface area contributed by atoms with Crippen LogP contribution in [0.1, 0.15) is 53.4 Å². The lowest BCUT2D eigenvalue weighted by Crippen LogP contribution is -2.61. The first-order chi connectivity index (χ1) is 13.1. The van der Waals surface area contributed by atoms with Gasteiger partial charge in [-0.15, -0.1) is 0 Å². The highest BCUT2D eigenvalue weighted by Gasteiger charge is 2.57. The van der Waals surface area contributed by atoms with Crippen LogP contribution in [-0.4, -0.2) is 81.0 Å². The van der Waals surface area contributed by atoms with Crippen LogP contribution in [0.3, 0.4) is 0 Å². The third-order valence-corrected chi connectivity index (χ3v) is 8.54. The predicted molar refractivity (Wildman–Crippen MR) is 110 cm³/mol. The lowest BCUT2D eigenvalue weighted by Gasteiger charge is -2.43. The van der Waals surface area contributed by atoms with E-state index in [2.05, 4.69) is 0 Å². The molecular weight excluding hydrogens is 399 g/mol. The van der Waals surface area contributed by atoms with Crippen molar-refractivity contribution in [3.8, 4) is 0 Å². The summed E-state index contributed by atoms with van der Waals surface area (Å²) in [6.07, 6.45) is 2.14. The Bertz CT molecular complexity index is 724. The van der Waals surface area contributed by atoms with Gasteiger partial charge in [-0.1, -0.05) is 6.42 Å². The van der Waals surface area contributed by atoms with E-state index in [0.717, 1.165) is 17.1 Å². The molecule has 3 atom stereocenters. The van der Waals surface area contributed by atoms with Crippen LogP contribution in [0, 0.1) is 5.92 Å². The second kappa shape index (κ2) is 8.06. The van der Waals surface area contributed by atoms with Gasteiger partial charge in [-0.25, -0.2) is 0 Å². The number of hydrogen-bond acceptors (Lipinski definition) is 7. The summed E-state index contributed by atoms with van der Waals surface area (Å²) in [5, 5.41) is 27.8. The van der Waals surface area contributed by atoms with Crippen molar-refractivity contribution in [1.82, 2.24) is 8.61 Å². The van der Waals surface area contributed by atoms with Crippen molar-refractivity contribution >= 4 is 23.3 Å². The van der Waals surface area contributed by atoms with E-state index in [4.69, 9.17) is 21.5 Å². The van der Waals surface area contributed by atoms with Gasteiger partial charge in [-0.05, 0) is 53.3 Å². The van der Waals surface area contributed by atoms with Gasteiger partial charge in [0.1, 0.15) is 5.54 Å². The summed E-state index contributed by atoms with van der Waals surface area (Å²) < 4.78 is 29.7. The lowest BCUT2D eigenvalue weighted by molar-refractivity contribution is -0.144. The van der Waals surface area contributed by atoms with Crippen LogP contribution in [0.5, 0.6) is 0 Å². The van der Waals surface area contributed by atoms with Gasteiger partial charge < -0.3 is 26.6 Å². The van der Waals surface area contributed by atoms with Gasteiger partial charge in [0.05, 0.1) is 0 Å². The first-order valence-corrected chi connectivity index (χ1v) is 11.4. The Labute approximate surface area is 173 Å². The van der Waals surface area contributed by atoms with Gasteiger partial charge >= 0.3 is 13.1 Å². The molecule has 2 aliphatic rings. The van der Waals surface area contributed by atoms with Gasteiger partial charge in [0.2, 0.25) is 0 Å². The van der Waals surface area contributed by atoms with Crippen molar-refractivity contribution in [3.63, 3.8) is 0 Å². The maximum Gasteiger partial charge on any atom is 0.451 e. The summed E-state index contributed by atoms with van der Waals surface area (Å²) in [6.45, 7) is 6.78. The average molecular weight is 434 g/mol. The molecule has 0 aromatic heterocycles. The third-order valence-electron chi connectivity index (χ3n) is 6.25. The number of carbonyl (C=O) groups is 1. The van der Waals surface area contributed by atoms with E-state index in [-0.39, 0.29) is 25.8 Å². The van der Waals surface area contributed by atoms with Crippen LogP contribution in [0.2, 0.25) is 6.32 Å². The summed E-state index contributed by atoms with van der Waals surface area (Å²) >= 11 is 0. The number of hydrogen-bond donors (Lipinski definition) is 5. The predicted octanol–water partition coefficient (Wildman–Crippen LogP) is -0.822. The summed E-state index contributed by atoms with van der Waals surface area (Å²) in [5.41, 5.74) is 9.40. The number of nitrogens with zero attached hydrogens (tertiary/aromatic N) is 2. The quantitative estimate of drug-likeness (QED) is 0.293. The Morgan fingerprint density at radius 2 is 1.86 bits per heavy atom. The Balaban J connectivity index is 2.31. The van der Waals surface area contributed by atoms with E-state index >= 15 is 0 Å². The maximum absolute atomic E-state index is 13.6. The molecule has 12 heteroatoms. The van der Waals surface area contributed by atoms with Crippen molar-refractivity contribution in [3.05, 3.63) is 0 Å². The fraction of sp³-hybridized carbons (Fsp3) is 0.941. The summed E-state index contributed by atoms with van der Waals surface area (Å²) in [4.78, 5) is 11.9. The van der Waals surface area contributed by atoms with Crippen LogP contribution in [0.15, 0.2) is 0 Å². The number of carboxylic acid groups (broad SMARTS) is 1. The number of rotatable bonds is 9. The molecule has 0 amide bonds. The molecule has 1 unspecified atom stereocenters. The molecule has 0 bridgehead atoms. The fourth-order valence-electron chi connectivity index (χ4n) is 4.25. The van der Waals surface area contributed by atoms with Crippen LogP contribution >= 0.6 is 0 Å². The van der Waals surface area contributed by atoms with E-state index in [0.29, 0.717) is 6.42 Å². The van der Waals surface area contributed by atoms with Gasteiger partial charge in [0.25, 0.3) is 10.2 Å². The molecule has 1 aliphatic heterocycles. The molecule has 168 valence electrons. The van der Waals surface area contributed by atoms with E-state index in [9.17, 15) is 18.3 Å². The van der Waals surface area contributed by atoms with Gasteiger partial charge in [-0.2, -0.15) is 17.0 Å². The van der Waals surface area contributed by atoms with Crippen LogP contribution in [0.25, 0.3) is 0 Å². The number of carboxylic acids is 1. The van der Waals surface area contributed by atoms with Gasteiger partial charge in [0.15, 0.2) is 0 Å². The zero-order valence-electron chi connectivity index (χ0n) is 17.7. The largest absolute Gasteiger partial charge is 0.480 e. The van der Waals surface area contributed by atoms with Gasteiger partial charge in [0, 0.05) is 36.1 Å². The highest BCUT2D eigenvalue weighted by Crippen LogP contribution is 2.43. The molecule has 2 fully saturated rings. The van der Waals surface area contributed by atoms with Crippen molar-refractivity contribution in [1.29, 1.82) is 0 Å². The molecule has 1 heterocycles. The van der Waals surface area contributed by atoms with E-state index < -0.39 is 51.9 Å². The maximum atomic E-state index is 13.6. The summed E-state index contributed by atoms with van der Waals surface area (Å²) in [6, 6.07) is -0.451. The smallest absolute Gasteiger partial charge is 0.451 e. The number of aliphatic carboxylic acids is 1. The minimum atomic E-state index is -4.04. The highest BCUT2D eigenvalue weighted by molar-refractivity contribution is 7.86. The zero-order chi connectivity index (χ0) is 22.4. The van der Waals surface area contributed by atoms with Crippen LogP contribution < -0.4 is 11.5 Å². The summed E-state index contributed by atoms with van der Waals surface area (Å²) in [7, 11) is -5.53. The first-order valence-electron chi connectivity index (χ1n) is 10.0. The topological polar surface area (TPSA) is 170 Å². The molecular formula is C17H35BN4O6S. The standard InChI is InChI=1S/C17H35BN4O6S/c1-12(16(19)7-8-16)22(15(2,3)4)29(27,28)21-10-13(6-5-9-18(25)26)17(20,11-21)14(23)24/h12-13,25-26H,5-11,19-20H2,1-4H3,(H,23,24)/t12?,13-,17-/m0/s1. The molecule has 0 aromatic rings. The van der Waals surface area contributed by atoms with E-state index in [1.54, 1.807) is 27.7 Å². The average Bonchev–Trinajstić information content (AvgIpc) is 3.19. The second-order valence-electron chi connectivity index (χ2n) is 9.63. The highest BCUT2D eigenvalue weighted by atomic mass is 32.2. The molecule has 1 saturated carbocycles. The monoisotopic (exact) mass is 434 g/mol. The van der Waals surface area contributed by atoms with Crippen molar-refractivity contribution < 1.29 is 28.4 Å². The molecule has 29 heavy (non-hydrogen) atoms. The Hall–Kier alpha value is -0.755. The minimum Gasteiger partial charge on any atom is -0.480 e. The molecule has 0 radical (unpaired) electrons. The van der Waals surface area contributed by atoms with E-state index in [1.807, 2.05) is 0 Å². The molecule has 0 spiro atoms. The number of nitrogens with two attached hydrogens (primary N) is 2. The Morgan fingerprint density at radius 3 is 2.28 bits per heavy atom. The van der Waals surface area contributed by atoms with E-state index in [1.165, 1.54) is 4.31 Å². The zero-order valence-corrected chi connectivity index (χ0v) is 18.5. The minimum absolute atomic E-state index is 0.0382. The first kappa shape index (κ1) is 24.5. The Morgan fingerprint density at radius 1 is 1.31 bits per heavy atom. The molecule has 0 aromatic carbocycles. The van der Waals surface area contributed by atoms with Crippen LogP contribution in [0.4, 0.5) is 0 Å². The Kier molecular flexibility index (Phi) is 6.82. The van der Waals surface area contributed by atoms with Crippen molar-refractivity contribution in [2.45, 2.75) is 82.4 Å². The third kappa shape index (κ3) is 4.95. The SMILES string of the molecule is CC(N(C(C)(C)C)S(=O)(=O)N1C[C@H](CCCB(O)O)[C@](N)(C(=O)O)C1)C1(N)CC1. The van der Waals surface area contributed by atoms with Crippen molar-refractivity contribution in [2.24, 2.45) is 17.4 Å². The molecule has 1 saturated heterocycles. The molecule has 1 aliphatic carbocycles. The van der Waals surface area contributed by atoms with Crippen LogP contribution in [-0.2, 0) is 15.0 Å². The van der Waals surface area contributed by atoms with Gasteiger partial charge in [-0.3, -0.25) is 4.79 Å². The fourth-order valence-corrected chi connectivity index (χ4v) is 6.55. The second-order valence-corrected chi connectivity index (χ2v) is 11.4. The summed E-state index contributed by atoms with van der Waals surface area (Å²) in [5.74, 6) is -1.91. The van der Waals surface area contributed by atoms with Crippen molar-refractivity contribution in [2.75, 3.05) is 13.1 Å². The lowest BCUT2D eigenvalue weighted by atomic mass is 9.78. The molecule has 2 rings (SSSR count).